The van der Waals surface area contributed by atoms with Gasteiger partial charge in [0, 0.05) is 0 Å². The van der Waals surface area contributed by atoms with Gasteiger partial charge < -0.3 is 19.7 Å². The third kappa shape index (κ3) is 24.9. The van der Waals surface area contributed by atoms with Gasteiger partial charge in [-0.3, -0.25) is 0 Å². The monoisotopic (exact) mass is 654 g/mol. The first-order valence-electron chi connectivity index (χ1n) is 16.0. The number of rotatable bonds is 25. The summed E-state index contributed by atoms with van der Waals surface area (Å²) in [6, 6.07) is 7.66. The standard InChI is InChI=1S/C26H44O4.2C4H9.Sn/c1-3-4-5-6-7-8-9-10-11-12-13-14-15-16-26(25(28)21-27)30-22-23-17-19-24(29-2)20-18-23;2*1-3-4-2;/h15-20,25-28H,3-14,21-22H2,1-2H3;2*1,3-4H2,2H3;/b16-15+;;;/t25-,26-;;;/m1.../s1. The van der Waals surface area contributed by atoms with Crippen LogP contribution in [0.25, 0.3) is 0 Å². The van der Waals surface area contributed by atoms with E-state index < -0.39 is 12.2 Å². The number of hydrogen-bond donors (Lipinski definition) is 2. The molecule has 1 rings (SSSR count). The van der Waals surface area contributed by atoms with Crippen LogP contribution in [0.15, 0.2) is 36.4 Å². The van der Waals surface area contributed by atoms with Crippen molar-refractivity contribution in [2.24, 2.45) is 0 Å². The van der Waals surface area contributed by atoms with Gasteiger partial charge in [0.25, 0.3) is 0 Å². The number of benzene rings is 1. The number of aliphatic hydroxyl groups is 2. The molecule has 0 fully saturated rings. The molecule has 0 heterocycles. The molecule has 0 aliphatic heterocycles. The molecule has 2 N–H and O–H groups in total. The summed E-state index contributed by atoms with van der Waals surface area (Å²) >= 11 is 0.149. The van der Waals surface area contributed by atoms with E-state index in [-0.39, 0.29) is 27.7 Å². The van der Waals surface area contributed by atoms with E-state index in [4.69, 9.17) is 9.47 Å². The minimum atomic E-state index is -0.906. The summed E-state index contributed by atoms with van der Waals surface area (Å²) in [5, 5.41) is 19.3. The van der Waals surface area contributed by atoms with E-state index in [0.29, 0.717) is 6.61 Å². The summed E-state index contributed by atoms with van der Waals surface area (Å²) in [7, 11) is 1.64. The Kier molecular flexibility index (Phi) is 30.0. The Hall–Kier alpha value is -0.561. The van der Waals surface area contributed by atoms with Gasteiger partial charge in [0.05, 0.1) is 20.3 Å². The van der Waals surface area contributed by atoms with Gasteiger partial charge in [0.2, 0.25) is 0 Å². The van der Waals surface area contributed by atoms with Crippen LogP contribution < -0.4 is 4.74 Å². The molecular formula is C34H62O4Sn. The molecule has 0 saturated carbocycles. The first kappa shape index (κ1) is 38.4. The van der Waals surface area contributed by atoms with Gasteiger partial charge in [-0.1, -0.05) is 95.4 Å². The number of unbranched alkanes of at least 4 members (excludes halogenated alkanes) is 13. The Morgan fingerprint density at radius 3 is 1.74 bits per heavy atom. The maximum absolute atomic E-state index is 10.0. The van der Waals surface area contributed by atoms with Crippen LogP contribution in [0, 0.1) is 0 Å². The summed E-state index contributed by atoms with van der Waals surface area (Å²) in [6.07, 6.45) is 24.1. The second-order valence-corrected chi connectivity index (χ2v) is 14.9. The molecule has 0 unspecified atom stereocenters. The first-order valence-corrected chi connectivity index (χ1v) is 20.1. The molecule has 0 aromatic heterocycles. The second kappa shape index (κ2) is 30.4. The molecule has 1 aromatic carbocycles. The van der Waals surface area contributed by atoms with Crippen molar-refractivity contribution in [3.63, 3.8) is 0 Å². The Bertz CT molecular complexity index is 629. The first-order chi connectivity index (χ1) is 19.1. The van der Waals surface area contributed by atoms with Crippen molar-refractivity contribution in [2.75, 3.05) is 13.7 Å². The molecule has 2 atom stereocenters. The molecule has 0 aliphatic carbocycles. The van der Waals surface area contributed by atoms with Crippen molar-refractivity contribution < 1.29 is 19.7 Å². The topological polar surface area (TPSA) is 58.9 Å². The third-order valence-corrected chi connectivity index (χ3v) is 10.9. The van der Waals surface area contributed by atoms with Crippen molar-refractivity contribution >= 4 is 21.1 Å². The number of ether oxygens (including phenoxy) is 2. The molecule has 0 saturated heterocycles. The van der Waals surface area contributed by atoms with Gasteiger partial charge in [-0.05, 0) is 30.5 Å². The molecule has 0 spiro atoms. The molecule has 39 heavy (non-hydrogen) atoms. The predicted octanol–water partition coefficient (Wildman–Crippen LogP) is 9.32. The summed E-state index contributed by atoms with van der Waals surface area (Å²) in [5.41, 5.74) is 1.00. The minimum absolute atomic E-state index is 0.149. The van der Waals surface area contributed by atoms with E-state index in [2.05, 4.69) is 26.8 Å². The van der Waals surface area contributed by atoms with E-state index in [1.54, 1.807) is 16.0 Å². The zero-order valence-electron chi connectivity index (χ0n) is 26.0. The molecule has 0 bridgehead atoms. The van der Waals surface area contributed by atoms with E-state index in [1.807, 2.05) is 30.3 Å². The van der Waals surface area contributed by atoms with Crippen LogP contribution >= 0.6 is 0 Å². The summed E-state index contributed by atoms with van der Waals surface area (Å²) in [4.78, 5) is 0. The Balaban J connectivity index is 0.00000137. The number of hydrogen-bond acceptors (Lipinski definition) is 4. The van der Waals surface area contributed by atoms with Crippen molar-refractivity contribution in [2.45, 2.75) is 151 Å². The van der Waals surface area contributed by atoms with Crippen molar-refractivity contribution in [1.29, 1.82) is 0 Å². The Morgan fingerprint density at radius 1 is 0.744 bits per heavy atom. The molecule has 0 amide bonds. The molecule has 4 nitrogen and oxygen atoms in total. The third-order valence-electron chi connectivity index (χ3n) is 6.88. The van der Waals surface area contributed by atoms with Gasteiger partial charge >= 0.3 is 69.5 Å². The molecule has 0 aliphatic rings. The average molecular weight is 654 g/mol. The van der Waals surface area contributed by atoms with Crippen LogP contribution in [0.5, 0.6) is 5.75 Å². The fourth-order valence-electron chi connectivity index (χ4n) is 4.20. The quantitative estimate of drug-likeness (QED) is 0.0628. The average Bonchev–Trinajstić information content (AvgIpc) is 2.97. The zero-order valence-corrected chi connectivity index (χ0v) is 28.8. The Labute approximate surface area is 252 Å². The van der Waals surface area contributed by atoms with Gasteiger partial charge in [-0.15, -0.1) is 0 Å². The normalized spacial score (nSPS) is 12.8. The van der Waals surface area contributed by atoms with Crippen molar-refractivity contribution in [1.82, 2.24) is 0 Å². The predicted molar refractivity (Wildman–Crippen MR) is 170 cm³/mol. The van der Waals surface area contributed by atoms with Crippen LogP contribution in [-0.4, -0.2) is 57.3 Å². The van der Waals surface area contributed by atoms with Gasteiger partial charge in [0.1, 0.15) is 18.0 Å². The summed E-state index contributed by atoms with van der Waals surface area (Å²) in [5.74, 6) is 0.803. The zero-order chi connectivity index (χ0) is 28.8. The van der Waals surface area contributed by atoms with Crippen LogP contribution in [0.4, 0.5) is 0 Å². The van der Waals surface area contributed by atoms with Gasteiger partial charge in [-0.25, -0.2) is 0 Å². The van der Waals surface area contributed by atoms with Crippen molar-refractivity contribution in [3.8, 4) is 5.75 Å². The van der Waals surface area contributed by atoms with E-state index in [1.165, 1.54) is 89.9 Å². The SMILES string of the molecule is CCCCCCCCCCCCC/C=C/[C@@H](OCc1ccc(OC)cc1)[C@H](O)CO.CCC[CH2][Sn][CH2]CCC. The molecule has 2 radical (unpaired) electrons. The number of methoxy groups -OCH3 is 1. The van der Waals surface area contributed by atoms with Crippen molar-refractivity contribution in [3.05, 3.63) is 42.0 Å². The molecular weight excluding hydrogens is 591 g/mol. The van der Waals surface area contributed by atoms with Crippen LogP contribution in [0.3, 0.4) is 0 Å². The van der Waals surface area contributed by atoms with Crippen LogP contribution in [0.2, 0.25) is 8.87 Å². The van der Waals surface area contributed by atoms with Gasteiger partial charge in [-0.2, -0.15) is 0 Å². The van der Waals surface area contributed by atoms with Crippen LogP contribution in [-0.2, 0) is 11.3 Å². The molecule has 5 heteroatoms. The van der Waals surface area contributed by atoms with Gasteiger partial charge in [0.15, 0.2) is 0 Å². The number of aliphatic hydroxyl groups excluding tert-OH is 2. The number of allylic oxidation sites excluding steroid dienone is 1. The maximum atomic E-state index is 10.0. The molecule has 226 valence electrons. The summed E-state index contributed by atoms with van der Waals surface area (Å²) < 4.78 is 14.2. The second-order valence-electron chi connectivity index (χ2n) is 10.6. The van der Waals surface area contributed by atoms with Crippen LogP contribution in [0.1, 0.15) is 129 Å². The fourth-order valence-corrected chi connectivity index (χ4v) is 8.36. The molecule has 1 aromatic rings. The van der Waals surface area contributed by atoms with E-state index in [9.17, 15) is 10.2 Å². The summed E-state index contributed by atoms with van der Waals surface area (Å²) in [6.45, 7) is 6.92. The van der Waals surface area contributed by atoms with E-state index >= 15 is 0 Å². The van der Waals surface area contributed by atoms with E-state index in [0.717, 1.165) is 24.2 Å². The fraction of sp³-hybridized carbons (Fsp3) is 0.765. The Morgan fingerprint density at radius 2 is 1.26 bits per heavy atom.